The summed E-state index contributed by atoms with van der Waals surface area (Å²) in [5, 5.41) is 12.7. The topological polar surface area (TPSA) is 75.6 Å². The Balaban J connectivity index is 2.65. The number of ether oxygens (including phenoxy) is 1. The van der Waals surface area contributed by atoms with Crippen LogP contribution in [0.3, 0.4) is 0 Å². The molecule has 1 heterocycles. The van der Waals surface area contributed by atoms with Crippen LogP contribution >= 0.6 is 11.3 Å². The number of nitrogens with one attached hydrogen (secondary N) is 1. The summed E-state index contributed by atoms with van der Waals surface area (Å²) in [5.74, 6) is -0.853. The molecule has 1 amide bonds. The molecule has 0 saturated carbocycles. The van der Waals surface area contributed by atoms with E-state index in [1.54, 1.807) is 12.3 Å². The normalized spacial score (nSPS) is 11.9. The third kappa shape index (κ3) is 2.95. The second kappa shape index (κ2) is 4.79. The van der Waals surface area contributed by atoms with E-state index in [-0.39, 0.29) is 10.8 Å². The Labute approximate surface area is 90.7 Å². The Morgan fingerprint density at radius 3 is 2.73 bits per heavy atom. The van der Waals surface area contributed by atoms with Crippen molar-refractivity contribution in [2.45, 2.75) is 13.0 Å². The van der Waals surface area contributed by atoms with Gasteiger partial charge < -0.3 is 15.2 Å². The van der Waals surface area contributed by atoms with Crippen LogP contribution in [0.25, 0.3) is 0 Å². The van der Waals surface area contributed by atoms with Crippen molar-refractivity contribution in [2.75, 3.05) is 7.05 Å². The first kappa shape index (κ1) is 11.5. The van der Waals surface area contributed by atoms with Crippen molar-refractivity contribution < 1.29 is 19.4 Å². The number of carboxylic acids is 1. The molecule has 82 valence electrons. The molecule has 1 atom stereocenters. The molecule has 0 aliphatic rings. The lowest BCUT2D eigenvalue weighted by Gasteiger charge is -2.10. The smallest absolute Gasteiger partial charge is 0.346 e. The summed E-state index contributed by atoms with van der Waals surface area (Å²) < 4.78 is 5.23. The molecule has 1 rings (SSSR count). The van der Waals surface area contributed by atoms with Crippen molar-refractivity contribution >= 4 is 23.2 Å². The van der Waals surface area contributed by atoms with Gasteiger partial charge in [0.05, 0.1) is 0 Å². The van der Waals surface area contributed by atoms with E-state index in [4.69, 9.17) is 9.84 Å². The summed E-state index contributed by atoms with van der Waals surface area (Å²) in [6.07, 6.45) is -0.633. The number of rotatable bonds is 4. The van der Waals surface area contributed by atoms with Gasteiger partial charge in [-0.2, -0.15) is 0 Å². The molecule has 1 aromatic rings. The van der Waals surface area contributed by atoms with Gasteiger partial charge in [0.1, 0.15) is 10.6 Å². The van der Waals surface area contributed by atoms with Gasteiger partial charge in [0, 0.05) is 18.5 Å². The van der Waals surface area contributed by atoms with Gasteiger partial charge in [-0.25, -0.2) is 4.79 Å². The fraction of sp³-hybridized carbons (Fsp3) is 0.333. The first-order valence-electron chi connectivity index (χ1n) is 4.24. The molecule has 0 radical (unpaired) electrons. The Morgan fingerprint density at radius 1 is 1.60 bits per heavy atom. The maximum absolute atomic E-state index is 11.1. The van der Waals surface area contributed by atoms with Crippen LogP contribution in [-0.4, -0.2) is 30.1 Å². The Kier molecular flexibility index (Phi) is 3.68. The molecule has 6 heteroatoms. The zero-order chi connectivity index (χ0) is 11.4. The van der Waals surface area contributed by atoms with Gasteiger partial charge in [0.25, 0.3) is 5.91 Å². The molecule has 2 N–H and O–H groups in total. The molecule has 5 nitrogen and oxygen atoms in total. The van der Waals surface area contributed by atoms with Gasteiger partial charge in [-0.05, 0) is 6.92 Å². The third-order valence-electron chi connectivity index (χ3n) is 1.71. The van der Waals surface area contributed by atoms with Crippen molar-refractivity contribution in [3.05, 3.63) is 16.3 Å². The highest BCUT2D eigenvalue weighted by molar-refractivity contribution is 7.12. The van der Waals surface area contributed by atoms with E-state index in [0.717, 1.165) is 11.3 Å². The van der Waals surface area contributed by atoms with Gasteiger partial charge in [0.15, 0.2) is 6.10 Å². The Bertz CT molecular complexity index is 374. The maximum Gasteiger partial charge on any atom is 0.346 e. The fourth-order valence-electron chi connectivity index (χ4n) is 0.954. The number of thiophene rings is 1. The average molecular weight is 229 g/mol. The van der Waals surface area contributed by atoms with Crippen molar-refractivity contribution in [1.82, 2.24) is 5.32 Å². The standard InChI is InChI=1S/C9H11NO4S/c1-5(8(11)10-2)14-6-3-7(9(12)13)15-4-6/h3-5H,1-2H3,(H,10,11)(H,12,13). The number of hydrogen-bond acceptors (Lipinski definition) is 4. The van der Waals surface area contributed by atoms with Crippen LogP contribution in [0.5, 0.6) is 5.75 Å². The number of carboxylic acid groups (broad SMARTS) is 1. The summed E-state index contributed by atoms with van der Waals surface area (Å²) >= 11 is 1.06. The molecule has 1 unspecified atom stereocenters. The molecule has 0 saturated heterocycles. The average Bonchev–Trinajstić information content (AvgIpc) is 2.65. The molecule has 0 spiro atoms. The highest BCUT2D eigenvalue weighted by Gasteiger charge is 2.14. The molecular formula is C9H11NO4S. The minimum Gasteiger partial charge on any atom is -0.480 e. The molecular weight excluding hydrogens is 218 g/mol. The number of hydrogen-bond donors (Lipinski definition) is 2. The molecule has 1 aromatic heterocycles. The largest absolute Gasteiger partial charge is 0.480 e. The lowest BCUT2D eigenvalue weighted by Crippen LogP contribution is -2.33. The van der Waals surface area contributed by atoms with Gasteiger partial charge in [-0.3, -0.25) is 4.79 Å². The van der Waals surface area contributed by atoms with Gasteiger partial charge >= 0.3 is 5.97 Å². The second-order valence-corrected chi connectivity index (χ2v) is 3.74. The van der Waals surface area contributed by atoms with Crippen LogP contribution in [0.2, 0.25) is 0 Å². The van der Waals surface area contributed by atoms with Crippen LogP contribution in [0.1, 0.15) is 16.6 Å². The third-order valence-corrected chi connectivity index (χ3v) is 2.61. The lowest BCUT2D eigenvalue weighted by molar-refractivity contribution is -0.126. The highest BCUT2D eigenvalue weighted by atomic mass is 32.1. The highest BCUT2D eigenvalue weighted by Crippen LogP contribution is 2.22. The minimum absolute atomic E-state index is 0.189. The summed E-state index contributed by atoms with van der Waals surface area (Å²) in [6, 6.07) is 1.40. The van der Waals surface area contributed by atoms with Crippen molar-refractivity contribution in [2.24, 2.45) is 0 Å². The molecule has 0 fully saturated rings. The number of amides is 1. The summed E-state index contributed by atoms with van der Waals surface area (Å²) in [4.78, 5) is 21.9. The van der Waals surface area contributed by atoms with E-state index in [2.05, 4.69) is 5.32 Å². The van der Waals surface area contributed by atoms with Crippen LogP contribution in [-0.2, 0) is 4.79 Å². The number of aromatic carboxylic acids is 1. The van der Waals surface area contributed by atoms with Crippen LogP contribution in [0, 0.1) is 0 Å². The van der Waals surface area contributed by atoms with Gasteiger partial charge in [-0.1, -0.05) is 0 Å². The first-order valence-corrected chi connectivity index (χ1v) is 5.12. The first-order chi connectivity index (χ1) is 7.04. The van der Waals surface area contributed by atoms with Crippen LogP contribution in [0.15, 0.2) is 11.4 Å². The second-order valence-electron chi connectivity index (χ2n) is 2.83. The molecule has 0 aromatic carbocycles. The van der Waals surface area contributed by atoms with Gasteiger partial charge in [0.2, 0.25) is 0 Å². The fourth-order valence-corrected chi connectivity index (χ4v) is 1.61. The summed E-state index contributed by atoms with van der Waals surface area (Å²) in [6.45, 7) is 1.59. The predicted octanol–water partition coefficient (Wildman–Crippen LogP) is 0.960. The van der Waals surface area contributed by atoms with Crippen molar-refractivity contribution in [3.63, 3.8) is 0 Å². The molecule has 0 aliphatic carbocycles. The molecule has 0 bridgehead atoms. The quantitative estimate of drug-likeness (QED) is 0.806. The van der Waals surface area contributed by atoms with Gasteiger partial charge in [-0.15, -0.1) is 11.3 Å². The zero-order valence-corrected chi connectivity index (χ0v) is 9.13. The Hall–Kier alpha value is -1.56. The van der Waals surface area contributed by atoms with Crippen LogP contribution < -0.4 is 10.1 Å². The van der Waals surface area contributed by atoms with Crippen molar-refractivity contribution in [3.8, 4) is 5.75 Å². The zero-order valence-electron chi connectivity index (χ0n) is 8.31. The minimum atomic E-state index is -0.998. The van der Waals surface area contributed by atoms with Crippen molar-refractivity contribution in [1.29, 1.82) is 0 Å². The van der Waals surface area contributed by atoms with E-state index in [1.807, 2.05) is 0 Å². The maximum atomic E-state index is 11.1. The number of likely N-dealkylation sites (N-methyl/N-ethyl adjacent to an activating group) is 1. The van der Waals surface area contributed by atoms with E-state index in [1.165, 1.54) is 13.1 Å². The molecule has 0 aliphatic heterocycles. The molecule has 15 heavy (non-hydrogen) atoms. The SMILES string of the molecule is CNC(=O)C(C)Oc1csc(C(=O)O)c1. The van der Waals surface area contributed by atoms with E-state index in [9.17, 15) is 9.59 Å². The summed E-state index contributed by atoms with van der Waals surface area (Å²) in [5.41, 5.74) is 0. The van der Waals surface area contributed by atoms with E-state index < -0.39 is 12.1 Å². The number of carbonyl (C=O) groups is 2. The lowest BCUT2D eigenvalue weighted by atomic mass is 10.3. The number of carbonyl (C=O) groups excluding carboxylic acids is 1. The van der Waals surface area contributed by atoms with E-state index in [0.29, 0.717) is 5.75 Å². The monoisotopic (exact) mass is 229 g/mol. The predicted molar refractivity (Wildman–Crippen MR) is 55.4 cm³/mol. The Morgan fingerprint density at radius 2 is 2.27 bits per heavy atom. The summed E-state index contributed by atoms with van der Waals surface area (Å²) in [7, 11) is 1.51. The van der Waals surface area contributed by atoms with Crippen LogP contribution in [0.4, 0.5) is 0 Å². The van der Waals surface area contributed by atoms with E-state index >= 15 is 0 Å².